The second kappa shape index (κ2) is 7.79. The van der Waals surface area contributed by atoms with Crippen LogP contribution in [0.25, 0.3) is 10.9 Å². The van der Waals surface area contributed by atoms with Crippen molar-refractivity contribution in [1.29, 1.82) is 5.26 Å². The number of rotatable bonds is 5. The van der Waals surface area contributed by atoms with Crippen LogP contribution < -0.4 is 10.5 Å². The molecule has 136 valence electrons. The topological polar surface area (TPSA) is 91.9 Å². The van der Waals surface area contributed by atoms with Gasteiger partial charge in [0.2, 0.25) is 5.91 Å². The van der Waals surface area contributed by atoms with E-state index in [0.717, 1.165) is 15.8 Å². The summed E-state index contributed by atoms with van der Waals surface area (Å²) in [6.07, 6.45) is 0.191. The van der Waals surface area contributed by atoms with Gasteiger partial charge in [-0.25, -0.2) is 4.68 Å². The predicted molar refractivity (Wildman–Crippen MR) is 102 cm³/mol. The molecule has 0 aliphatic carbocycles. The van der Waals surface area contributed by atoms with Gasteiger partial charge >= 0.3 is 0 Å². The van der Waals surface area contributed by atoms with Crippen molar-refractivity contribution in [2.45, 2.75) is 26.8 Å². The maximum atomic E-state index is 12.9. The Kier molecular flexibility index (Phi) is 5.27. The second-order valence-corrected chi connectivity index (χ2v) is 6.29. The molecule has 0 unspecified atom stereocenters. The largest absolute Gasteiger partial charge is 0.310 e. The normalized spacial score (nSPS) is 10.6. The van der Waals surface area contributed by atoms with Crippen LogP contribution in [0.2, 0.25) is 0 Å². The molecule has 1 heterocycles. The Morgan fingerprint density at radius 2 is 1.96 bits per heavy atom. The lowest BCUT2D eigenvalue weighted by Gasteiger charge is -2.22. The number of carbonyl (C=O) groups is 1. The molecule has 0 aliphatic rings. The fourth-order valence-electron chi connectivity index (χ4n) is 2.79. The molecule has 1 amide bonds. The van der Waals surface area contributed by atoms with Gasteiger partial charge in [-0.15, -0.1) is 5.10 Å². The zero-order chi connectivity index (χ0) is 19.4. The van der Waals surface area contributed by atoms with Crippen molar-refractivity contribution in [3.8, 4) is 6.07 Å². The van der Waals surface area contributed by atoms with Crippen molar-refractivity contribution in [3.63, 3.8) is 0 Å². The van der Waals surface area contributed by atoms with Crippen molar-refractivity contribution in [2.75, 3.05) is 11.4 Å². The minimum Gasteiger partial charge on any atom is -0.310 e. The molecule has 3 rings (SSSR count). The Morgan fingerprint density at radius 1 is 1.19 bits per heavy atom. The molecule has 1 aromatic heterocycles. The Bertz CT molecular complexity index is 1100. The van der Waals surface area contributed by atoms with E-state index in [-0.39, 0.29) is 31.0 Å². The molecule has 0 saturated heterocycles. The molecule has 0 aliphatic heterocycles. The van der Waals surface area contributed by atoms with E-state index in [2.05, 4.69) is 16.4 Å². The predicted octanol–water partition coefficient (Wildman–Crippen LogP) is 2.36. The zero-order valence-corrected chi connectivity index (χ0v) is 15.2. The SMILES string of the molecule is Cc1ccc(N(CCC#N)C(=O)Cn2nnc3ccccc3c2=O)cc1C. The Labute approximate surface area is 156 Å². The number of nitrogens with zero attached hydrogens (tertiary/aromatic N) is 5. The van der Waals surface area contributed by atoms with Crippen LogP contribution in [0.4, 0.5) is 5.69 Å². The van der Waals surface area contributed by atoms with Crippen LogP contribution in [-0.4, -0.2) is 27.4 Å². The van der Waals surface area contributed by atoms with Crippen LogP contribution >= 0.6 is 0 Å². The number of aromatic nitrogens is 3. The number of fused-ring (bicyclic) bond motifs is 1. The van der Waals surface area contributed by atoms with Gasteiger partial charge in [-0.1, -0.05) is 23.4 Å². The van der Waals surface area contributed by atoms with E-state index in [4.69, 9.17) is 5.26 Å². The minimum atomic E-state index is -0.366. The summed E-state index contributed by atoms with van der Waals surface area (Å²) >= 11 is 0. The smallest absolute Gasteiger partial charge is 0.278 e. The zero-order valence-electron chi connectivity index (χ0n) is 15.2. The lowest BCUT2D eigenvalue weighted by molar-refractivity contribution is -0.119. The highest BCUT2D eigenvalue weighted by atomic mass is 16.2. The Morgan fingerprint density at radius 3 is 2.70 bits per heavy atom. The van der Waals surface area contributed by atoms with Gasteiger partial charge in [0.15, 0.2) is 0 Å². The number of anilines is 1. The number of hydrogen-bond donors (Lipinski definition) is 0. The molecule has 0 spiro atoms. The van der Waals surface area contributed by atoms with E-state index in [9.17, 15) is 9.59 Å². The third kappa shape index (κ3) is 3.85. The molecule has 7 heteroatoms. The van der Waals surface area contributed by atoms with Gasteiger partial charge in [-0.05, 0) is 49.2 Å². The first kappa shape index (κ1) is 18.3. The molecule has 0 atom stereocenters. The molecule has 0 bridgehead atoms. The number of benzene rings is 2. The van der Waals surface area contributed by atoms with E-state index >= 15 is 0 Å². The molecule has 3 aromatic rings. The number of aryl methyl sites for hydroxylation is 2. The van der Waals surface area contributed by atoms with Gasteiger partial charge in [0, 0.05) is 12.2 Å². The highest BCUT2D eigenvalue weighted by molar-refractivity contribution is 5.93. The average molecular weight is 361 g/mol. The molecule has 2 aromatic carbocycles. The quantitative estimate of drug-likeness (QED) is 0.695. The van der Waals surface area contributed by atoms with Gasteiger partial charge in [-0.3, -0.25) is 9.59 Å². The highest BCUT2D eigenvalue weighted by Gasteiger charge is 2.18. The van der Waals surface area contributed by atoms with Crippen molar-refractivity contribution >= 4 is 22.5 Å². The second-order valence-electron chi connectivity index (χ2n) is 6.29. The standard InChI is InChI=1S/C20H19N5O2/c1-14-8-9-16(12-15(14)2)24(11-5-10-21)19(26)13-25-20(27)17-6-3-4-7-18(17)22-23-25/h3-4,6-9,12H,5,11,13H2,1-2H3. The minimum absolute atomic E-state index is 0.191. The summed E-state index contributed by atoms with van der Waals surface area (Å²) < 4.78 is 1.06. The van der Waals surface area contributed by atoms with Crippen LogP contribution in [0.15, 0.2) is 47.3 Å². The fraction of sp³-hybridized carbons (Fsp3) is 0.250. The van der Waals surface area contributed by atoms with Crippen molar-refractivity contribution in [1.82, 2.24) is 15.0 Å². The number of carbonyl (C=O) groups excluding carboxylic acids is 1. The molecule has 0 radical (unpaired) electrons. The van der Waals surface area contributed by atoms with Crippen LogP contribution in [-0.2, 0) is 11.3 Å². The maximum Gasteiger partial charge on any atom is 0.278 e. The average Bonchev–Trinajstić information content (AvgIpc) is 2.67. The lowest BCUT2D eigenvalue weighted by atomic mass is 10.1. The lowest BCUT2D eigenvalue weighted by Crippen LogP contribution is -2.38. The van der Waals surface area contributed by atoms with Crippen LogP contribution in [0.5, 0.6) is 0 Å². The summed E-state index contributed by atoms with van der Waals surface area (Å²) in [6.45, 7) is 3.96. The van der Waals surface area contributed by atoms with Crippen LogP contribution in [0, 0.1) is 25.2 Å². The van der Waals surface area contributed by atoms with Crippen molar-refractivity contribution < 1.29 is 4.79 Å². The van der Waals surface area contributed by atoms with Crippen LogP contribution in [0.3, 0.4) is 0 Å². The Balaban J connectivity index is 1.93. The summed E-state index contributed by atoms with van der Waals surface area (Å²) in [4.78, 5) is 27.0. The first-order chi connectivity index (χ1) is 13.0. The molecule has 7 nitrogen and oxygen atoms in total. The number of amides is 1. The van der Waals surface area contributed by atoms with E-state index < -0.39 is 0 Å². The highest BCUT2D eigenvalue weighted by Crippen LogP contribution is 2.19. The number of nitriles is 1. The maximum absolute atomic E-state index is 12.9. The van der Waals surface area contributed by atoms with Gasteiger partial charge < -0.3 is 4.90 Å². The molecule has 0 N–H and O–H groups in total. The first-order valence-electron chi connectivity index (χ1n) is 8.58. The molecule has 27 heavy (non-hydrogen) atoms. The monoisotopic (exact) mass is 361 g/mol. The van der Waals surface area contributed by atoms with Gasteiger partial charge in [0.1, 0.15) is 12.1 Å². The summed E-state index contributed by atoms with van der Waals surface area (Å²) in [5, 5.41) is 17.2. The molecular formula is C20H19N5O2. The van der Waals surface area contributed by atoms with Crippen LogP contribution in [0.1, 0.15) is 17.5 Å². The summed E-state index contributed by atoms with van der Waals surface area (Å²) in [6, 6.07) is 14.6. The van der Waals surface area contributed by atoms with Crippen molar-refractivity contribution in [3.05, 3.63) is 63.9 Å². The van der Waals surface area contributed by atoms with Gasteiger partial charge in [-0.2, -0.15) is 5.26 Å². The van der Waals surface area contributed by atoms with E-state index in [1.807, 2.05) is 32.0 Å². The fourth-order valence-corrected chi connectivity index (χ4v) is 2.79. The molecule has 0 fully saturated rings. The molecular weight excluding hydrogens is 342 g/mol. The van der Waals surface area contributed by atoms with E-state index in [1.165, 1.54) is 4.90 Å². The van der Waals surface area contributed by atoms with E-state index in [0.29, 0.717) is 16.6 Å². The van der Waals surface area contributed by atoms with E-state index in [1.54, 1.807) is 24.3 Å². The Hall–Kier alpha value is -3.53. The molecule has 0 saturated carbocycles. The summed E-state index contributed by atoms with van der Waals surface area (Å²) in [5.74, 6) is -0.319. The summed E-state index contributed by atoms with van der Waals surface area (Å²) in [5.41, 5.74) is 2.98. The third-order valence-electron chi connectivity index (χ3n) is 4.46. The number of hydrogen-bond acceptors (Lipinski definition) is 5. The first-order valence-corrected chi connectivity index (χ1v) is 8.58. The third-order valence-corrected chi connectivity index (χ3v) is 4.46. The van der Waals surface area contributed by atoms with Gasteiger partial charge in [0.25, 0.3) is 5.56 Å². The van der Waals surface area contributed by atoms with Crippen molar-refractivity contribution in [2.24, 2.45) is 0 Å². The summed E-state index contributed by atoms with van der Waals surface area (Å²) in [7, 11) is 0. The van der Waals surface area contributed by atoms with Gasteiger partial charge in [0.05, 0.1) is 17.9 Å².